The fourth-order valence-corrected chi connectivity index (χ4v) is 2.59. The molecule has 3 aromatic rings. The minimum atomic E-state index is -0.234. The van der Waals surface area contributed by atoms with Gasteiger partial charge in [-0.25, -0.2) is 9.38 Å². The number of hydrogen-bond acceptors (Lipinski definition) is 2. The van der Waals surface area contributed by atoms with Crippen LogP contribution < -0.4 is 10.6 Å². The summed E-state index contributed by atoms with van der Waals surface area (Å²) in [7, 11) is 0. The zero-order valence-electron chi connectivity index (χ0n) is 14.2. The number of benzene rings is 2. The molecule has 0 spiro atoms. The van der Waals surface area contributed by atoms with E-state index in [-0.39, 0.29) is 5.82 Å². The minimum Gasteiger partial charge on any atom is -0.357 e. The van der Waals surface area contributed by atoms with Crippen molar-refractivity contribution < 1.29 is 4.39 Å². The summed E-state index contributed by atoms with van der Waals surface area (Å²) in [5, 5.41) is 7.71. The van der Waals surface area contributed by atoms with Crippen molar-refractivity contribution in [3.05, 3.63) is 77.7 Å². The lowest BCUT2D eigenvalue weighted by molar-refractivity contribution is 0.627. The fourth-order valence-electron chi connectivity index (χ4n) is 2.59. The monoisotopic (exact) mass is 336 g/mol. The Morgan fingerprint density at radius 1 is 1.04 bits per heavy atom. The fraction of sp³-hybridized carbons (Fsp3) is 0.200. The number of rotatable bonds is 5. The largest absolute Gasteiger partial charge is 0.357 e. The molecule has 0 aliphatic carbocycles. The maximum Gasteiger partial charge on any atom is 0.191 e. The molecular formula is C20H21FN4. The van der Waals surface area contributed by atoms with Gasteiger partial charge in [0.25, 0.3) is 0 Å². The van der Waals surface area contributed by atoms with Crippen molar-refractivity contribution in [3.63, 3.8) is 0 Å². The van der Waals surface area contributed by atoms with Gasteiger partial charge in [-0.2, -0.15) is 0 Å². The molecule has 5 heteroatoms. The van der Waals surface area contributed by atoms with Crippen LogP contribution in [0.1, 0.15) is 18.1 Å². The van der Waals surface area contributed by atoms with Gasteiger partial charge < -0.3 is 10.6 Å². The number of nitrogens with one attached hydrogen (secondary N) is 2. The normalized spacial score (nSPS) is 11.5. The highest BCUT2D eigenvalue weighted by Gasteiger charge is 2.03. The molecule has 0 atom stereocenters. The van der Waals surface area contributed by atoms with Gasteiger partial charge in [-0.15, -0.1) is 0 Å². The molecule has 4 nitrogen and oxygen atoms in total. The number of guanidine groups is 1. The van der Waals surface area contributed by atoms with E-state index in [2.05, 4.69) is 26.7 Å². The van der Waals surface area contributed by atoms with Crippen LogP contribution in [0.5, 0.6) is 0 Å². The molecular weight excluding hydrogens is 315 g/mol. The summed E-state index contributed by atoms with van der Waals surface area (Å²) < 4.78 is 13.0. The SMILES string of the molecule is CCNC(=NCc1ccc(F)cc1)NCc1ccnc2ccccc12. The summed E-state index contributed by atoms with van der Waals surface area (Å²) in [5.74, 6) is 0.495. The second-order valence-electron chi connectivity index (χ2n) is 5.66. The van der Waals surface area contributed by atoms with Gasteiger partial charge in [0, 0.05) is 24.7 Å². The molecule has 0 fully saturated rings. The number of aliphatic imine (C=N–C) groups is 1. The van der Waals surface area contributed by atoms with Crippen LogP contribution in [0.3, 0.4) is 0 Å². The molecule has 2 aromatic carbocycles. The second kappa shape index (κ2) is 8.24. The van der Waals surface area contributed by atoms with Crippen LogP contribution in [0.4, 0.5) is 4.39 Å². The lowest BCUT2D eigenvalue weighted by Crippen LogP contribution is -2.36. The standard InChI is InChI=1S/C20H21FN4/c1-2-22-20(24-13-15-7-9-17(21)10-8-15)25-14-16-11-12-23-19-6-4-3-5-18(16)19/h3-12H,2,13-14H2,1H3,(H2,22,24,25). The maximum atomic E-state index is 13.0. The van der Waals surface area contributed by atoms with Crippen LogP contribution in [0.2, 0.25) is 0 Å². The van der Waals surface area contributed by atoms with E-state index in [1.807, 2.05) is 37.4 Å². The number of pyridine rings is 1. The summed E-state index contributed by atoms with van der Waals surface area (Å²) >= 11 is 0. The lowest BCUT2D eigenvalue weighted by Gasteiger charge is -2.12. The molecule has 0 saturated carbocycles. The van der Waals surface area contributed by atoms with Gasteiger partial charge in [-0.1, -0.05) is 30.3 Å². The summed E-state index contributed by atoms with van der Waals surface area (Å²) in [6.07, 6.45) is 1.82. The van der Waals surface area contributed by atoms with Crippen LogP contribution in [0.25, 0.3) is 10.9 Å². The third-order valence-electron chi connectivity index (χ3n) is 3.86. The summed E-state index contributed by atoms with van der Waals surface area (Å²) in [4.78, 5) is 8.95. The highest BCUT2D eigenvalue weighted by Crippen LogP contribution is 2.15. The van der Waals surface area contributed by atoms with Crippen LogP contribution in [0.15, 0.2) is 65.8 Å². The molecule has 0 amide bonds. The molecule has 1 heterocycles. The van der Waals surface area contributed by atoms with Crippen molar-refractivity contribution in [1.82, 2.24) is 15.6 Å². The molecule has 0 aliphatic rings. The second-order valence-corrected chi connectivity index (χ2v) is 5.66. The lowest BCUT2D eigenvalue weighted by atomic mass is 10.1. The topological polar surface area (TPSA) is 49.3 Å². The predicted octanol–water partition coefficient (Wildman–Crippen LogP) is 3.63. The van der Waals surface area contributed by atoms with Crippen LogP contribution in [0, 0.1) is 5.82 Å². The first kappa shape index (κ1) is 16.9. The van der Waals surface area contributed by atoms with E-state index in [0.29, 0.717) is 13.1 Å². The first-order valence-electron chi connectivity index (χ1n) is 8.35. The molecule has 0 unspecified atom stereocenters. The molecule has 2 N–H and O–H groups in total. The van der Waals surface area contributed by atoms with Crippen LogP contribution in [-0.2, 0) is 13.1 Å². The van der Waals surface area contributed by atoms with Gasteiger partial charge >= 0.3 is 0 Å². The average Bonchev–Trinajstić information content (AvgIpc) is 2.65. The van der Waals surface area contributed by atoms with E-state index in [1.165, 1.54) is 12.1 Å². The number of para-hydroxylation sites is 1. The molecule has 3 rings (SSSR count). The number of hydrogen-bond donors (Lipinski definition) is 2. The molecule has 0 saturated heterocycles. The predicted molar refractivity (Wildman–Crippen MR) is 99.8 cm³/mol. The minimum absolute atomic E-state index is 0.234. The zero-order valence-corrected chi connectivity index (χ0v) is 14.2. The smallest absolute Gasteiger partial charge is 0.191 e. The number of halogens is 1. The molecule has 1 aromatic heterocycles. The summed E-state index contributed by atoms with van der Waals surface area (Å²) in [6, 6.07) is 16.5. The van der Waals surface area contributed by atoms with Crippen molar-refractivity contribution in [3.8, 4) is 0 Å². The van der Waals surface area contributed by atoms with E-state index < -0.39 is 0 Å². The first-order valence-corrected chi connectivity index (χ1v) is 8.35. The van der Waals surface area contributed by atoms with Crippen molar-refractivity contribution in [1.29, 1.82) is 0 Å². The van der Waals surface area contributed by atoms with Crippen molar-refractivity contribution in [2.75, 3.05) is 6.54 Å². The maximum absolute atomic E-state index is 13.0. The average molecular weight is 336 g/mol. The number of fused-ring (bicyclic) bond motifs is 1. The third kappa shape index (κ3) is 4.53. The molecule has 0 bridgehead atoms. The van der Waals surface area contributed by atoms with Crippen LogP contribution in [-0.4, -0.2) is 17.5 Å². The summed E-state index contributed by atoms with van der Waals surface area (Å²) in [6.45, 7) is 3.94. The number of aromatic nitrogens is 1. The Morgan fingerprint density at radius 2 is 1.84 bits per heavy atom. The highest BCUT2D eigenvalue weighted by atomic mass is 19.1. The Kier molecular flexibility index (Phi) is 5.57. The Hall–Kier alpha value is -2.95. The van der Waals surface area contributed by atoms with Gasteiger partial charge in [0.2, 0.25) is 0 Å². The van der Waals surface area contributed by atoms with Gasteiger partial charge in [-0.3, -0.25) is 4.98 Å². The highest BCUT2D eigenvalue weighted by molar-refractivity contribution is 5.83. The van der Waals surface area contributed by atoms with Gasteiger partial charge in [0.05, 0.1) is 12.1 Å². The zero-order chi connectivity index (χ0) is 17.5. The quantitative estimate of drug-likeness (QED) is 0.552. The third-order valence-corrected chi connectivity index (χ3v) is 3.86. The van der Waals surface area contributed by atoms with E-state index in [4.69, 9.17) is 0 Å². The Balaban J connectivity index is 1.70. The summed E-state index contributed by atoms with van der Waals surface area (Å²) in [5.41, 5.74) is 3.11. The van der Waals surface area contributed by atoms with E-state index in [9.17, 15) is 4.39 Å². The van der Waals surface area contributed by atoms with Gasteiger partial charge in [0.1, 0.15) is 5.82 Å². The molecule has 0 aliphatic heterocycles. The van der Waals surface area contributed by atoms with Crippen LogP contribution >= 0.6 is 0 Å². The van der Waals surface area contributed by atoms with Gasteiger partial charge in [-0.05, 0) is 42.3 Å². The molecule has 128 valence electrons. The van der Waals surface area contributed by atoms with E-state index in [1.54, 1.807) is 12.1 Å². The van der Waals surface area contributed by atoms with E-state index in [0.717, 1.165) is 34.5 Å². The molecule has 25 heavy (non-hydrogen) atoms. The first-order chi connectivity index (χ1) is 12.3. The Bertz CT molecular complexity index is 854. The van der Waals surface area contributed by atoms with Crippen molar-refractivity contribution in [2.45, 2.75) is 20.0 Å². The molecule has 0 radical (unpaired) electrons. The Labute approximate surface area is 146 Å². The van der Waals surface area contributed by atoms with Crippen molar-refractivity contribution >= 4 is 16.9 Å². The Morgan fingerprint density at radius 3 is 2.64 bits per heavy atom. The van der Waals surface area contributed by atoms with Crippen molar-refractivity contribution in [2.24, 2.45) is 4.99 Å². The number of nitrogens with zero attached hydrogens (tertiary/aromatic N) is 2. The van der Waals surface area contributed by atoms with Gasteiger partial charge in [0.15, 0.2) is 5.96 Å². The van der Waals surface area contributed by atoms with E-state index >= 15 is 0 Å².